The number of urea groups is 1. The monoisotopic (exact) mass is 424 g/mol. The van der Waals surface area contributed by atoms with Gasteiger partial charge in [-0.3, -0.25) is 9.78 Å². The number of carboxylic acid groups (broad SMARTS) is 1. The van der Waals surface area contributed by atoms with Gasteiger partial charge in [-0.25, -0.2) is 4.79 Å². The molecule has 1 aliphatic carbocycles. The number of carboxylic acids is 1. The number of nitrogens with one attached hydrogen (secondary N) is 2. The summed E-state index contributed by atoms with van der Waals surface area (Å²) < 4.78 is 0. The third-order valence-corrected chi connectivity index (χ3v) is 6.69. The van der Waals surface area contributed by atoms with Crippen molar-refractivity contribution in [1.82, 2.24) is 14.9 Å². The Morgan fingerprint density at radius 3 is 2.80 bits per heavy atom. The van der Waals surface area contributed by atoms with Crippen molar-refractivity contribution < 1.29 is 14.7 Å². The Bertz CT molecular complexity index is 1140. The third-order valence-electron chi connectivity index (χ3n) is 6.46. The zero-order valence-electron chi connectivity index (χ0n) is 16.2. The zero-order valence-corrected chi connectivity index (χ0v) is 16.9. The second-order valence-corrected chi connectivity index (χ2v) is 8.48. The topological polar surface area (TPSA) is 98.3 Å². The number of hydrogen-bond acceptors (Lipinski definition) is 3. The normalized spacial score (nSPS) is 19.8. The second kappa shape index (κ2) is 7.02. The van der Waals surface area contributed by atoms with E-state index in [2.05, 4.69) is 15.3 Å². The van der Waals surface area contributed by atoms with Crippen molar-refractivity contribution in [2.45, 2.75) is 31.7 Å². The van der Waals surface area contributed by atoms with Crippen LogP contribution in [0.25, 0.3) is 10.9 Å². The summed E-state index contributed by atoms with van der Waals surface area (Å²) in [7, 11) is 0. The Balaban J connectivity index is 1.61. The van der Waals surface area contributed by atoms with E-state index in [0.29, 0.717) is 36.5 Å². The van der Waals surface area contributed by atoms with Gasteiger partial charge in [0.15, 0.2) is 0 Å². The number of hydrogen-bond donors (Lipinski definition) is 3. The van der Waals surface area contributed by atoms with E-state index in [-0.39, 0.29) is 6.03 Å². The predicted octanol–water partition coefficient (Wildman–Crippen LogP) is 4.60. The standard InChI is InChI=1S/C22H21ClN4O3/c23-13-4-5-17-16(11-13)15-6-10-27(21(30)25-14-3-1-9-24-12-14)19(18(15)26-17)22(20(28)29)7-2-8-22/h1,3-5,9,11-12,19,26H,2,6-8,10H2,(H,25,30)(H,28,29). The molecule has 0 radical (unpaired) electrons. The van der Waals surface area contributed by atoms with E-state index in [0.717, 1.165) is 28.6 Å². The van der Waals surface area contributed by atoms with Crippen molar-refractivity contribution in [3.05, 3.63) is 59.0 Å². The number of nitrogens with zero attached hydrogens (tertiary/aromatic N) is 2. The number of carbonyl (C=O) groups excluding carboxylic acids is 1. The van der Waals surface area contributed by atoms with E-state index < -0.39 is 17.4 Å². The molecular formula is C22H21ClN4O3. The molecule has 30 heavy (non-hydrogen) atoms. The van der Waals surface area contributed by atoms with Gasteiger partial charge in [-0.05, 0) is 55.2 Å². The van der Waals surface area contributed by atoms with Crippen LogP contribution in [0, 0.1) is 5.41 Å². The van der Waals surface area contributed by atoms with Gasteiger partial charge >= 0.3 is 12.0 Å². The highest BCUT2D eigenvalue weighted by Gasteiger charge is 2.56. The number of carbonyl (C=O) groups is 2. The van der Waals surface area contributed by atoms with Crippen LogP contribution in [0.15, 0.2) is 42.7 Å². The maximum Gasteiger partial charge on any atom is 0.322 e. The van der Waals surface area contributed by atoms with Gasteiger partial charge in [-0.15, -0.1) is 0 Å². The molecule has 1 saturated carbocycles. The average Bonchev–Trinajstić information content (AvgIpc) is 3.06. The number of H-pyrrole nitrogens is 1. The number of halogens is 1. The highest BCUT2D eigenvalue weighted by molar-refractivity contribution is 6.31. The van der Waals surface area contributed by atoms with Crippen LogP contribution >= 0.6 is 11.6 Å². The first-order chi connectivity index (χ1) is 14.5. The van der Waals surface area contributed by atoms with Crippen molar-refractivity contribution in [2.75, 3.05) is 11.9 Å². The molecule has 2 aromatic heterocycles. The molecule has 1 aliphatic heterocycles. The molecule has 3 N–H and O–H groups in total. The van der Waals surface area contributed by atoms with Gasteiger partial charge in [0.1, 0.15) is 0 Å². The number of aromatic nitrogens is 2. The number of benzene rings is 1. The van der Waals surface area contributed by atoms with Gasteiger partial charge < -0.3 is 20.3 Å². The number of fused-ring (bicyclic) bond motifs is 3. The van der Waals surface area contributed by atoms with Crippen molar-refractivity contribution in [3.8, 4) is 0 Å². The number of anilines is 1. The van der Waals surface area contributed by atoms with Crippen molar-refractivity contribution in [1.29, 1.82) is 0 Å². The summed E-state index contributed by atoms with van der Waals surface area (Å²) in [4.78, 5) is 34.7. The van der Waals surface area contributed by atoms with Crippen LogP contribution in [0.3, 0.4) is 0 Å². The molecule has 5 rings (SSSR count). The summed E-state index contributed by atoms with van der Waals surface area (Å²) in [5.74, 6) is -0.859. The molecule has 1 unspecified atom stereocenters. The molecule has 8 heteroatoms. The maximum absolute atomic E-state index is 13.2. The fourth-order valence-electron chi connectivity index (χ4n) is 4.85. The quantitative estimate of drug-likeness (QED) is 0.572. The fraction of sp³-hybridized carbons (Fsp3) is 0.318. The summed E-state index contributed by atoms with van der Waals surface area (Å²) in [6, 6.07) is 8.23. The SMILES string of the molecule is O=C(Nc1cccnc1)N1CCc2c([nH]c3ccc(Cl)cc23)C1C1(C(=O)O)CCC1. The van der Waals surface area contributed by atoms with Crippen LogP contribution in [-0.2, 0) is 11.2 Å². The summed E-state index contributed by atoms with van der Waals surface area (Å²) in [6.45, 7) is 0.429. The van der Waals surface area contributed by atoms with E-state index >= 15 is 0 Å². The Hall–Kier alpha value is -3.06. The smallest absolute Gasteiger partial charge is 0.322 e. The van der Waals surface area contributed by atoms with Gasteiger partial charge in [0.05, 0.1) is 23.3 Å². The molecule has 2 aliphatic rings. The minimum Gasteiger partial charge on any atom is -0.481 e. The Kier molecular flexibility index (Phi) is 4.43. The first kappa shape index (κ1) is 18.9. The summed E-state index contributed by atoms with van der Waals surface area (Å²) in [5, 5.41) is 14.7. The number of rotatable bonds is 3. The van der Waals surface area contributed by atoms with E-state index in [1.165, 1.54) is 0 Å². The average molecular weight is 425 g/mol. The van der Waals surface area contributed by atoms with Crippen LogP contribution < -0.4 is 5.32 Å². The summed E-state index contributed by atoms with van der Waals surface area (Å²) >= 11 is 6.21. The van der Waals surface area contributed by atoms with Crippen molar-refractivity contribution in [3.63, 3.8) is 0 Å². The number of aromatic amines is 1. The van der Waals surface area contributed by atoms with Crippen molar-refractivity contribution in [2.24, 2.45) is 5.41 Å². The van der Waals surface area contributed by atoms with Crippen LogP contribution in [0.2, 0.25) is 5.02 Å². The lowest BCUT2D eigenvalue weighted by atomic mass is 9.61. The number of amides is 2. The first-order valence-electron chi connectivity index (χ1n) is 10.0. The minimum absolute atomic E-state index is 0.317. The molecule has 1 fully saturated rings. The highest BCUT2D eigenvalue weighted by Crippen LogP contribution is 2.55. The van der Waals surface area contributed by atoms with E-state index in [1.807, 2.05) is 18.2 Å². The molecule has 1 atom stereocenters. The van der Waals surface area contributed by atoms with Gasteiger partial charge in [0.2, 0.25) is 0 Å². The Labute approximate surface area is 178 Å². The molecule has 0 saturated heterocycles. The minimum atomic E-state index is -0.994. The van der Waals surface area contributed by atoms with Crippen LogP contribution in [0.1, 0.15) is 36.6 Å². The zero-order chi connectivity index (χ0) is 20.9. The van der Waals surface area contributed by atoms with E-state index in [9.17, 15) is 14.7 Å². The highest BCUT2D eigenvalue weighted by atomic mass is 35.5. The lowest BCUT2D eigenvalue weighted by molar-refractivity contribution is -0.161. The van der Waals surface area contributed by atoms with Gasteiger partial charge in [0.25, 0.3) is 0 Å². The summed E-state index contributed by atoms with van der Waals surface area (Å²) in [5.41, 5.74) is 2.35. The molecule has 0 bridgehead atoms. The molecule has 7 nitrogen and oxygen atoms in total. The summed E-state index contributed by atoms with van der Waals surface area (Å²) in [6.07, 6.45) is 5.75. The van der Waals surface area contributed by atoms with Gasteiger partial charge in [-0.1, -0.05) is 18.0 Å². The lowest BCUT2D eigenvalue weighted by Crippen LogP contribution is -2.55. The molecule has 3 heterocycles. The molecule has 0 spiro atoms. The number of aliphatic carboxylic acids is 1. The molecule has 154 valence electrons. The largest absolute Gasteiger partial charge is 0.481 e. The molecular weight excluding hydrogens is 404 g/mol. The van der Waals surface area contributed by atoms with Crippen LogP contribution in [0.4, 0.5) is 10.5 Å². The number of pyridine rings is 1. The third kappa shape index (κ3) is 2.84. The van der Waals surface area contributed by atoms with Crippen molar-refractivity contribution >= 4 is 40.2 Å². The van der Waals surface area contributed by atoms with Crippen LogP contribution in [-0.4, -0.2) is 38.5 Å². The fourth-order valence-corrected chi connectivity index (χ4v) is 5.02. The second-order valence-electron chi connectivity index (χ2n) is 8.04. The molecule has 2 amide bonds. The lowest BCUT2D eigenvalue weighted by Gasteiger charge is -2.50. The van der Waals surface area contributed by atoms with Gasteiger partial charge in [0, 0.05) is 34.4 Å². The predicted molar refractivity (Wildman–Crippen MR) is 114 cm³/mol. The Morgan fingerprint density at radius 2 is 2.13 bits per heavy atom. The maximum atomic E-state index is 13.2. The van der Waals surface area contributed by atoms with Crippen LogP contribution in [0.5, 0.6) is 0 Å². The van der Waals surface area contributed by atoms with Gasteiger partial charge in [-0.2, -0.15) is 0 Å². The molecule has 3 aromatic rings. The van der Waals surface area contributed by atoms with E-state index in [4.69, 9.17) is 11.6 Å². The Morgan fingerprint density at radius 1 is 1.30 bits per heavy atom. The first-order valence-corrected chi connectivity index (χ1v) is 10.4. The molecule has 1 aromatic carbocycles. The van der Waals surface area contributed by atoms with E-state index in [1.54, 1.807) is 29.4 Å².